The summed E-state index contributed by atoms with van der Waals surface area (Å²) in [7, 11) is 0. The molecule has 2 N–H and O–H groups in total. The molecular formula is C15H21N. The molecule has 0 saturated carbocycles. The van der Waals surface area contributed by atoms with Gasteiger partial charge in [-0.05, 0) is 31.7 Å². The molecule has 1 heteroatoms. The number of aryl methyl sites for hydroxylation is 1. The van der Waals surface area contributed by atoms with E-state index in [1.54, 1.807) is 0 Å². The average Bonchev–Trinajstić information content (AvgIpc) is 2.22. The van der Waals surface area contributed by atoms with Crippen LogP contribution >= 0.6 is 0 Å². The number of rotatable bonds is 6. The highest BCUT2D eigenvalue weighted by Gasteiger charge is 2.21. The van der Waals surface area contributed by atoms with E-state index in [0.29, 0.717) is 0 Å². The molecule has 0 spiro atoms. The van der Waals surface area contributed by atoms with Gasteiger partial charge in [0.05, 0.1) is 0 Å². The lowest BCUT2D eigenvalue weighted by atomic mass is 9.85. The first-order chi connectivity index (χ1) is 7.59. The van der Waals surface area contributed by atoms with Crippen LogP contribution in [0.15, 0.2) is 49.6 Å². The standard InChI is InChI=1S/C15H21N/c1-4-10-15(16,11-5-2)12-14-8-6-13(3)7-9-14/h4-9H,1-2,10-12,16H2,3H3. The molecule has 16 heavy (non-hydrogen) atoms. The zero-order valence-electron chi connectivity index (χ0n) is 10.1. The quantitative estimate of drug-likeness (QED) is 0.723. The van der Waals surface area contributed by atoms with Crippen molar-refractivity contribution in [3.8, 4) is 0 Å². The van der Waals surface area contributed by atoms with Gasteiger partial charge in [-0.1, -0.05) is 42.0 Å². The van der Waals surface area contributed by atoms with Gasteiger partial charge in [-0.15, -0.1) is 13.2 Å². The van der Waals surface area contributed by atoms with Crippen molar-refractivity contribution < 1.29 is 0 Å². The van der Waals surface area contributed by atoms with E-state index in [2.05, 4.69) is 44.3 Å². The van der Waals surface area contributed by atoms with E-state index < -0.39 is 0 Å². The first kappa shape index (κ1) is 12.7. The third kappa shape index (κ3) is 3.67. The molecule has 0 bridgehead atoms. The Labute approximate surface area is 98.7 Å². The lowest BCUT2D eigenvalue weighted by Crippen LogP contribution is -2.41. The maximum Gasteiger partial charge on any atom is 0.0264 e. The molecule has 0 amide bonds. The van der Waals surface area contributed by atoms with Crippen LogP contribution in [0.2, 0.25) is 0 Å². The Kier molecular flexibility index (Phi) is 4.51. The third-order valence-corrected chi connectivity index (χ3v) is 2.78. The van der Waals surface area contributed by atoms with Crippen molar-refractivity contribution in [1.29, 1.82) is 0 Å². The lowest BCUT2D eigenvalue weighted by molar-refractivity contribution is 0.432. The van der Waals surface area contributed by atoms with E-state index in [1.807, 2.05) is 12.2 Å². The molecule has 0 fully saturated rings. The summed E-state index contributed by atoms with van der Waals surface area (Å²) in [4.78, 5) is 0. The Morgan fingerprint density at radius 1 is 1.12 bits per heavy atom. The fourth-order valence-corrected chi connectivity index (χ4v) is 1.92. The van der Waals surface area contributed by atoms with Crippen LogP contribution in [-0.4, -0.2) is 5.54 Å². The second-order valence-corrected chi connectivity index (χ2v) is 4.51. The molecule has 0 saturated heterocycles. The summed E-state index contributed by atoms with van der Waals surface area (Å²) >= 11 is 0. The molecule has 0 radical (unpaired) electrons. The lowest BCUT2D eigenvalue weighted by Gasteiger charge is -2.27. The summed E-state index contributed by atoms with van der Waals surface area (Å²) in [6.07, 6.45) is 6.26. The molecule has 0 aliphatic rings. The van der Waals surface area contributed by atoms with Crippen LogP contribution in [0.25, 0.3) is 0 Å². The minimum Gasteiger partial charge on any atom is -0.324 e. The fraction of sp³-hybridized carbons (Fsp3) is 0.333. The maximum atomic E-state index is 6.35. The zero-order chi connectivity index (χ0) is 12.0. The average molecular weight is 215 g/mol. The largest absolute Gasteiger partial charge is 0.324 e. The van der Waals surface area contributed by atoms with Crippen LogP contribution in [0, 0.1) is 6.92 Å². The van der Waals surface area contributed by atoms with E-state index in [4.69, 9.17) is 5.73 Å². The van der Waals surface area contributed by atoms with Crippen LogP contribution < -0.4 is 5.73 Å². The van der Waals surface area contributed by atoms with Gasteiger partial charge in [0, 0.05) is 5.54 Å². The molecule has 1 nitrogen and oxygen atoms in total. The molecule has 86 valence electrons. The van der Waals surface area contributed by atoms with Gasteiger partial charge >= 0.3 is 0 Å². The van der Waals surface area contributed by atoms with E-state index in [1.165, 1.54) is 11.1 Å². The summed E-state index contributed by atoms with van der Waals surface area (Å²) in [5.41, 5.74) is 8.66. The predicted octanol–water partition coefficient (Wildman–Crippen LogP) is 3.39. The van der Waals surface area contributed by atoms with Gasteiger partial charge in [-0.25, -0.2) is 0 Å². The summed E-state index contributed by atoms with van der Waals surface area (Å²) < 4.78 is 0. The highest BCUT2D eigenvalue weighted by molar-refractivity contribution is 5.23. The van der Waals surface area contributed by atoms with Crippen LogP contribution in [0.1, 0.15) is 24.0 Å². The molecule has 1 aromatic carbocycles. The monoisotopic (exact) mass is 215 g/mol. The second-order valence-electron chi connectivity index (χ2n) is 4.51. The van der Waals surface area contributed by atoms with Crippen LogP contribution in [0.5, 0.6) is 0 Å². The molecule has 0 aliphatic heterocycles. The van der Waals surface area contributed by atoms with Gasteiger partial charge in [0.25, 0.3) is 0 Å². The topological polar surface area (TPSA) is 26.0 Å². The van der Waals surface area contributed by atoms with Crippen molar-refractivity contribution in [2.45, 2.75) is 31.7 Å². The van der Waals surface area contributed by atoms with Crippen molar-refractivity contribution >= 4 is 0 Å². The SMILES string of the molecule is C=CCC(N)(CC=C)Cc1ccc(C)cc1. The normalized spacial score (nSPS) is 11.1. The molecule has 0 aliphatic carbocycles. The van der Waals surface area contributed by atoms with Gasteiger partial charge in [0.1, 0.15) is 0 Å². The number of hydrogen-bond acceptors (Lipinski definition) is 1. The third-order valence-electron chi connectivity index (χ3n) is 2.78. The van der Waals surface area contributed by atoms with E-state index in [0.717, 1.165) is 19.3 Å². The van der Waals surface area contributed by atoms with Gasteiger partial charge < -0.3 is 5.73 Å². The van der Waals surface area contributed by atoms with Crippen molar-refractivity contribution in [2.24, 2.45) is 5.73 Å². The zero-order valence-corrected chi connectivity index (χ0v) is 10.1. The van der Waals surface area contributed by atoms with Crippen molar-refractivity contribution in [2.75, 3.05) is 0 Å². The number of nitrogens with two attached hydrogens (primary N) is 1. The first-order valence-corrected chi connectivity index (χ1v) is 5.66. The van der Waals surface area contributed by atoms with E-state index >= 15 is 0 Å². The smallest absolute Gasteiger partial charge is 0.0264 e. The van der Waals surface area contributed by atoms with E-state index in [9.17, 15) is 0 Å². The second kappa shape index (κ2) is 5.66. The molecule has 1 rings (SSSR count). The Bertz CT molecular complexity index is 338. The molecule has 1 aromatic rings. The molecule has 0 heterocycles. The molecule has 0 unspecified atom stereocenters. The van der Waals surface area contributed by atoms with Crippen molar-refractivity contribution in [3.05, 3.63) is 60.7 Å². The summed E-state index contributed by atoms with van der Waals surface area (Å²) in [5.74, 6) is 0. The van der Waals surface area contributed by atoms with Gasteiger partial charge in [-0.2, -0.15) is 0 Å². The van der Waals surface area contributed by atoms with Gasteiger partial charge in [0.15, 0.2) is 0 Å². The predicted molar refractivity (Wildman–Crippen MR) is 71.4 cm³/mol. The van der Waals surface area contributed by atoms with Crippen LogP contribution in [0.4, 0.5) is 0 Å². The number of benzene rings is 1. The summed E-state index contributed by atoms with van der Waals surface area (Å²) in [6.45, 7) is 9.63. The van der Waals surface area contributed by atoms with Gasteiger partial charge in [-0.3, -0.25) is 0 Å². The first-order valence-electron chi connectivity index (χ1n) is 5.66. The van der Waals surface area contributed by atoms with Crippen LogP contribution in [0.3, 0.4) is 0 Å². The number of hydrogen-bond donors (Lipinski definition) is 1. The molecule has 0 aromatic heterocycles. The highest BCUT2D eigenvalue weighted by Crippen LogP contribution is 2.20. The minimum absolute atomic E-state index is 0.237. The fourth-order valence-electron chi connectivity index (χ4n) is 1.92. The minimum atomic E-state index is -0.237. The van der Waals surface area contributed by atoms with Crippen molar-refractivity contribution in [3.63, 3.8) is 0 Å². The molecular weight excluding hydrogens is 194 g/mol. The highest BCUT2D eigenvalue weighted by atomic mass is 14.7. The van der Waals surface area contributed by atoms with Crippen molar-refractivity contribution in [1.82, 2.24) is 0 Å². The maximum absolute atomic E-state index is 6.35. The summed E-state index contributed by atoms with van der Waals surface area (Å²) in [5, 5.41) is 0. The Balaban J connectivity index is 2.78. The van der Waals surface area contributed by atoms with Gasteiger partial charge in [0.2, 0.25) is 0 Å². The Hall–Kier alpha value is -1.34. The molecule has 0 atom stereocenters. The Morgan fingerprint density at radius 2 is 1.62 bits per heavy atom. The Morgan fingerprint density at radius 3 is 2.06 bits per heavy atom. The van der Waals surface area contributed by atoms with E-state index in [-0.39, 0.29) is 5.54 Å². The summed E-state index contributed by atoms with van der Waals surface area (Å²) in [6, 6.07) is 8.53. The van der Waals surface area contributed by atoms with Crippen LogP contribution in [-0.2, 0) is 6.42 Å².